The van der Waals surface area contributed by atoms with Gasteiger partial charge in [-0.25, -0.2) is 0 Å². The van der Waals surface area contributed by atoms with Crippen LogP contribution in [0.3, 0.4) is 0 Å². The number of halogens is 1. The molecule has 0 aliphatic heterocycles. The molecule has 150 valence electrons. The predicted molar refractivity (Wildman–Crippen MR) is 116 cm³/mol. The molecule has 0 unspecified atom stereocenters. The number of hydrogen-bond donors (Lipinski definition) is 2. The van der Waals surface area contributed by atoms with E-state index < -0.39 is 5.91 Å². The third-order valence-electron chi connectivity index (χ3n) is 5.37. The Labute approximate surface area is 174 Å². The number of pyridine rings is 1. The highest BCUT2D eigenvalue weighted by Crippen LogP contribution is 2.34. The van der Waals surface area contributed by atoms with Crippen LogP contribution in [0.4, 0.5) is 11.5 Å². The number of aliphatic imine (C=N–C) groups is 1. The van der Waals surface area contributed by atoms with Crippen LogP contribution in [0.2, 0.25) is 5.02 Å². The minimum Gasteiger partial charge on any atom is -0.365 e. The van der Waals surface area contributed by atoms with Gasteiger partial charge in [0.05, 0.1) is 23.4 Å². The highest BCUT2D eigenvalue weighted by atomic mass is 35.5. The van der Waals surface area contributed by atoms with Crippen LogP contribution in [0.1, 0.15) is 42.1 Å². The summed E-state index contributed by atoms with van der Waals surface area (Å²) in [4.78, 5) is 20.7. The molecule has 0 radical (unpaired) electrons. The molecule has 2 aromatic heterocycles. The summed E-state index contributed by atoms with van der Waals surface area (Å²) in [5.74, 6) is 0.218. The zero-order valence-corrected chi connectivity index (χ0v) is 16.9. The van der Waals surface area contributed by atoms with Crippen molar-refractivity contribution < 1.29 is 4.79 Å². The quantitative estimate of drug-likeness (QED) is 0.610. The smallest absolute Gasteiger partial charge is 0.254 e. The number of hydrogen-bond acceptors (Lipinski definition) is 5. The zero-order valence-electron chi connectivity index (χ0n) is 16.2. The number of nitrogens with one attached hydrogen (secondary N) is 1. The normalized spacial score (nSPS) is 19.7. The third kappa shape index (κ3) is 4.10. The van der Waals surface area contributed by atoms with E-state index in [-0.39, 0.29) is 6.04 Å². The highest BCUT2D eigenvalue weighted by Gasteiger charge is 2.27. The van der Waals surface area contributed by atoms with Crippen molar-refractivity contribution in [1.82, 2.24) is 14.8 Å². The van der Waals surface area contributed by atoms with Crippen molar-refractivity contribution >= 4 is 46.1 Å². The van der Waals surface area contributed by atoms with Crippen LogP contribution in [0.25, 0.3) is 10.9 Å². The molecule has 1 saturated carbocycles. The largest absolute Gasteiger partial charge is 0.365 e. The topological polar surface area (TPSA) is 98.2 Å². The molecule has 4 rings (SSSR count). The molecule has 2 atom stereocenters. The number of primary amides is 1. The van der Waals surface area contributed by atoms with Crippen molar-refractivity contribution in [1.29, 1.82) is 0 Å². The second kappa shape index (κ2) is 8.21. The van der Waals surface area contributed by atoms with Gasteiger partial charge in [0.15, 0.2) is 5.82 Å². The van der Waals surface area contributed by atoms with Gasteiger partial charge in [-0.05, 0) is 31.0 Å². The highest BCUT2D eigenvalue weighted by molar-refractivity contribution is 6.31. The molecular formula is C21H23ClN6O. The van der Waals surface area contributed by atoms with E-state index >= 15 is 0 Å². The van der Waals surface area contributed by atoms with Crippen LogP contribution in [0.15, 0.2) is 41.7 Å². The number of fused-ring (bicyclic) bond motifs is 1. The number of rotatable bonds is 5. The average molecular weight is 411 g/mol. The van der Waals surface area contributed by atoms with E-state index in [1.807, 2.05) is 35.2 Å². The van der Waals surface area contributed by atoms with E-state index in [4.69, 9.17) is 17.3 Å². The second-order valence-electron chi connectivity index (χ2n) is 7.34. The molecule has 3 N–H and O–H groups in total. The van der Waals surface area contributed by atoms with Crippen LogP contribution in [0, 0.1) is 5.92 Å². The maximum atomic E-state index is 12.0. The Hall–Kier alpha value is -2.93. The maximum Gasteiger partial charge on any atom is 0.254 e. The van der Waals surface area contributed by atoms with Crippen LogP contribution in [-0.4, -0.2) is 33.9 Å². The van der Waals surface area contributed by atoms with Crippen molar-refractivity contribution in [3.8, 4) is 0 Å². The molecule has 1 aromatic carbocycles. The van der Waals surface area contributed by atoms with E-state index in [9.17, 15) is 4.79 Å². The number of aromatic nitrogens is 3. The van der Waals surface area contributed by atoms with Gasteiger partial charge in [0, 0.05) is 35.8 Å². The van der Waals surface area contributed by atoms with Gasteiger partial charge < -0.3 is 16.0 Å². The van der Waals surface area contributed by atoms with E-state index in [0.29, 0.717) is 22.3 Å². The SMILES string of the molecule is CN=C[C@H]1CCCC[C@@H]1n1cc(C(N)=O)c(Nc2cnc3cc(Cl)ccc3c2)n1. The first kappa shape index (κ1) is 19.4. The lowest BCUT2D eigenvalue weighted by Gasteiger charge is -2.29. The van der Waals surface area contributed by atoms with Gasteiger partial charge in [0.25, 0.3) is 5.91 Å². The summed E-state index contributed by atoms with van der Waals surface area (Å²) in [5.41, 5.74) is 7.51. The van der Waals surface area contributed by atoms with Gasteiger partial charge in [-0.3, -0.25) is 14.5 Å². The Morgan fingerprint density at radius 1 is 1.34 bits per heavy atom. The molecule has 8 heteroatoms. The molecular weight excluding hydrogens is 388 g/mol. The first-order valence-corrected chi connectivity index (χ1v) is 10.1. The summed E-state index contributed by atoms with van der Waals surface area (Å²) in [6.45, 7) is 0. The number of anilines is 2. The molecule has 2 heterocycles. The van der Waals surface area contributed by atoms with Gasteiger partial charge in [-0.15, -0.1) is 0 Å². The number of carbonyl (C=O) groups excluding carboxylic acids is 1. The number of amides is 1. The minimum atomic E-state index is -0.518. The summed E-state index contributed by atoms with van der Waals surface area (Å²) in [5, 5.41) is 9.45. The van der Waals surface area contributed by atoms with E-state index in [2.05, 4.69) is 20.4 Å². The van der Waals surface area contributed by atoms with Gasteiger partial charge in [0.2, 0.25) is 0 Å². The third-order valence-corrected chi connectivity index (χ3v) is 5.60. The number of nitrogens with zero attached hydrogens (tertiary/aromatic N) is 4. The molecule has 1 fully saturated rings. The Morgan fingerprint density at radius 2 is 2.17 bits per heavy atom. The van der Waals surface area contributed by atoms with Crippen LogP contribution >= 0.6 is 11.6 Å². The van der Waals surface area contributed by atoms with Gasteiger partial charge in [-0.2, -0.15) is 5.10 Å². The fraction of sp³-hybridized carbons (Fsp3) is 0.333. The Kier molecular flexibility index (Phi) is 5.49. The molecule has 29 heavy (non-hydrogen) atoms. The first-order chi connectivity index (χ1) is 14.0. The number of benzene rings is 1. The molecule has 0 saturated heterocycles. The zero-order chi connectivity index (χ0) is 20.4. The van der Waals surface area contributed by atoms with Crippen LogP contribution in [0.5, 0.6) is 0 Å². The molecule has 3 aromatic rings. The summed E-state index contributed by atoms with van der Waals surface area (Å²) in [6.07, 6.45) is 9.78. The molecule has 0 bridgehead atoms. The Morgan fingerprint density at radius 3 is 2.97 bits per heavy atom. The van der Waals surface area contributed by atoms with Gasteiger partial charge in [-0.1, -0.05) is 30.5 Å². The molecule has 0 spiro atoms. The summed E-state index contributed by atoms with van der Waals surface area (Å²) in [7, 11) is 1.79. The standard InChI is InChI=1S/C21H23ClN6O/c1-24-10-14-4-2-3-5-19(14)28-12-17(20(23)29)21(27-28)26-16-8-13-6-7-15(22)9-18(13)25-11-16/h6-12,14,19H,2-5H2,1H3,(H2,23,29)(H,26,27)/t14-,19+/m1/s1. The lowest BCUT2D eigenvalue weighted by atomic mass is 9.85. The van der Waals surface area contributed by atoms with Crippen molar-refractivity contribution in [3.63, 3.8) is 0 Å². The van der Waals surface area contributed by atoms with Gasteiger partial charge in [0.1, 0.15) is 5.56 Å². The molecule has 1 aliphatic rings. The predicted octanol–water partition coefficient (Wildman–Crippen LogP) is 4.36. The fourth-order valence-corrected chi connectivity index (χ4v) is 4.13. The lowest BCUT2D eigenvalue weighted by molar-refractivity contribution is 0.100. The Balaban J connectivity index is 1.66. The molecule has 7 nitrogen and oxygen atoms in total. The summed E-state index contributed by atoms with van der Waals surface area (Å²) < 4.78 is 1.86. The van der Waals surface area contributed by atoms with Gasteiger partial charge >= 0.3 is 0 Å². The van der Waals surface area contributed by atoms with Crippen LogP contribution in [-0.2, 0) is 0 Å². The molecule has 1 aliphatic carbocycles. The fourth-order valence-electron chi connectivity index (χ4n) is 3.97. The second-order valence-corrected chi connectivity index (χ2v) is 7.78. The molecule has 1 amide bonds. The van der Waals surface area contributed by atoms with Crippen molar-refractivity contribution in [3.05, 3.63) is 47.2 Å². The number of carbonyl (C=O) groups is 1. The average Bonchev–Trinajstić information content (AvgIpc) is 3.13. The van der Waals surface area contributed by atoms with Crippen LogP contribution < -0.4 is 11.1 Å². The first-order valence-electron chi connectivity index (χ1n) is 9.68. The summed E-state index contributed by atoms with van der Waals surface area (Å²) >= 11 is 6.03. The van der Waals surface area contributed by atoms with Crippen molar-refractivity contribution in [2.75, 3.05) is 12.4 Å². The van der Waals surface area contributed by atoms with E-state index in [1.165, 1.54) is 6.42 Å². The minimum absolute atomic E-state index is 0.165. The van der Waals surface area contributed by atoms with E-state index in [0.717, 1.165) is 35.9 Å². The number of nitrogens with two attached hydrogens (primary N) is 1. The lowest BCUT2D eigenvalue weighted by Crippen LogP contribution is -2.25. The maximum absolute atomic E-state index is 12.0. The van der Waals surface area contributed by atoms with Crippen molar-refractivity contribution in [2.45, 2.75) is 31.7 Å². The van der Waals surface area contributed by atoms with E-state index in [1.54, 1.807) is 19.4 Å². The monoisotopic (exact) mass is 410 g/mol. The Bertz CT molecular complexity index is 1080. The van der Waals surface area contributed by atoms with Crippen molar-refractivity contribution in [2.24, 2.45) is 16.6 Å². The summed E-state index contributed by atoms with van der Waals surface area (Å²) in [6, 6.07) is 7.63.